The highest BCUT2D eigenvalue weighted by Gasteiger charge is 2.65. The van der Waals surface area contributed by atoms with Crippen LogP contribution < -0.4 is 10.2 Å². The topological polar surface area (TPSA) is 58.9 Å². The zero-order valence-electron chi connectivity index (χ0n) is 13.1. The van der Waals surface area contributed by atoms with E-state index in [1.807, 2.05) is 13.0 Å². The lowest BCUT2D eigenvalue weighted by atomic mass is 9.80. The molecule has 2 aromatic rings. The number of anilines is 1. The molecule has 128 valence electrons. The molecule has 1 N–H and O–H groups in total. The normalized spacial score (nSPS) is 26.8. The maximum Gasteiger partial charge on any atom is 0.397 e. The van der Waals surface area contributed by atoms with Crippen molar-refractivity contribution in [3.8, 4) is 5.82 Å². The molecule has 0 saturated carbocycles. The van der Waals surface area contributed by atoms with E-state index in [1.54, 1.807) is 27.9 Å². The molecule has 6 nitrogen and oxygen atoms in total. The molecule has 2 atom stereocenters. The molecule has 0 amide bonds. The molecule has 0 radical (unpaired) electrons. The third kappa shape index (κ3) is 2.26. The predicted molar refractivity (Wildman–Crippen MR) is 81.0 cm³/mol. The zero-order valence-corrected chi connectivity index (χ0v) is 13.1. The summed E-state index contributed by atoms with van der Waals surface area (Å²) in [6.07, 6.45) is -2.46. The van der Waals surface area contributed by atoms with Gasteiger partial charge in [0.15, 0.2) is 11.6 Å². The number of fused-ring (bicyclic) bond motifs is 1. The lowest BCUT2D eigenvalue weighted by molar-refractivity contribution is -0.218. The number of hydrogen-bond acceptors (Lipinski definition) is 5. The summed E-state index contributed by atoms with van der Waals surface area (Å²) in [6.45, 7) is 2.47. The summed E-state index contributed by atoms with van der Waals surface area (Å²) in [5.74, 6) is 0.562. The van der Waals surface area contributed by atoms with E-state index >= 15 is 0 Å². The summed E-state index contributed by atoms with van der Waals surface area (Å²) in [6, 6.07) is 5.27. The fourth-order valence-corrected chi connectivity index (χ4v) is 3.65. The molecule has 0 spiro atoms. The molecule has 0 aromatic carbocycles. The Labute approximate surface area is 136 Å². The van der Waals surface area contributed by atoms with Crippen molar-refractivity contribution >= 4 is 5.82 Å². The lowest BCUT2D eigenvalue weighted by Crippen LogP contribution is -2.45. The maximum atomic E-state index is 13.6. The van der Waals surface area contributed by atoms with Crippen molar-refractivity contribution in [3.63, 3.8) is 0 Å². The summed E-state index contributed by atoms with van der Waals surface area (Å²) in [7, 11) is 0. The van der Waals surface area contributed by atoms with Gasteiger partial charge < -0.3 is 10.2 Å². The van der Waals surface area contributed by atoms with E-state index in [2.05, 4.69) is 20.6 Å². The average Bonchev–Trinajstić information content (AvgIpc) is 3.20. The van der Waals surface area contributed by atoms with E-state index in [9.17, 15) is 13.2 Å². The minimum absolute atomic E-state index is 0.0320. The van der Waals surface area contributed by atoms with Gasteiger partial charge in [0.1, 0.15) is 5.41 Å². The molecular weight excluding hydrogens is 321 g/mol. The van der Waals surface area contributed by atoms with Crippen LogP contribution in [0.25, 0.3) is 5.82 Å². The molecule has 2 aliphatic heterocycles. The first-order chi connectivity index (χ1) is 11.4. The summed E-state index contributed by atoms with van der Waals surface area (Å²) < 4.78 is 42.3. The molecule has 0 bridgehead atoms. The minimum Gasteiger partial charge on any atom is -0.354 e. The van der Waals surface area contributed by atoms with Gasteiger partial charge in [-0.05, 0) is 25.1 Å². The molecule has 9 heteroatoms. The number of alkyl halides is 3. The predicted octanol–water partition coefficient (Wildman–Crippen LogP) is 1.56. The standard InChI is InChI=1S/C15H17F3N6/c1-10-4-5-24(22-10)13-3-2-12(20-21-13)23-7-11-6-19-8-14(11,9-23)15(16,17)18/h2-5,11,19H,6-9H2,1H3/t11-,14-/m0/s1. The van der Waals surface area contributed by atoms with Gasteiger partial charge in [-0.2, -0.15) is 18.3 Å². The number of aryl methyl sites for hydroxylation is 1. The first-order valence-electron chi connectivity index (χ1n) is 7.78. The first kappa shape index (κ1) is 15.4. The molecule has 2 saturated heterocycles. The Morgan fingerprint density at radius 2 is 1.96 bits per heavy atom. The van der Waals surface area contributed by atoms with Crippen LogP contribution in [0.15, 0.2) is 24.4 Å². The third-order valence-corrected chi connectivity index (χ3v) is 5.01. The molecule has 4 rings (SSSR count). The van der Waals surface area contributed by atoms with Crippen LogP contribution in [-0.2, 0) is 0 Å². The molecule has 0 aliphatic carbocycles. The van der Waals surface area contributed by atoms with Crippen molar-refractivity contribution < 1.29 is 13.2 Å². The van der Waals surface area contributed by atoms with E-state index in [0.717, 1.165) is 5.69 Å². The Bertz CT molecular complexity index is 740. The van der Waals surface area contributed by atoms with Crippen LogP contribution in [0.2, 0.25) is 0 Å². The van der Waals surface area contributed by atoms with Crippen LogP contribution in [-0.4, -0.2) is 52.3 Å². The molecule has 2 fully saturated rings. The van der Waals surface area contributed by atoms with Crippen LogP contribution in [0.5, 0.6) is 0 Å². The van der Waals surface area contributed by atoms with Crippen molar-refractivity contribution in [3.05, 3.63) is 30.1 Å². The summed E-state index contributed by atoms with van der Waals surface area (Å²) in [5, 5.41) is 15.3. The van der Waals surface area contributed by atoms with Gasteiger partial charge >= 0.3 is 6.18 Å². The zero-order chi connectivity index (χ0) is 16.9. The minimum atomic E-state index is -4.23. The summed E-state index contributed by atoms with van der Waals surface area (Å²) in [4.78, 5) is 1.68. The monoisotopic (exact) mass is 338 g/mol. The fourth-order valence-electron chi connectivity index (χ4n) is 3.65. The number of halogens is 3. The number of nitrogens with one attached hydrogen (secondary N) is 1. The highest BCUT2D eigenvalue weighted by Crippen LogP contribution is 2.51. The number of aromatic nitrogens is 4. The van der Waals surface area contributed by atoms with Crippen LogP contribution >= 0.6 is 0 Å². The Hall–Kier alpha value is -2.16. The Kier molecular flexibility index (Phi) is 3.31. The third-order valence-electron chi connectivity index (χ3n) is 5.01. The smallest absolute Gasteiger partial charge is 0.354 e. The molecule has 0 unspecified atom stereocenters. The van der Waals surface area contributed by atoms with E-state index in [1.165, 1.54) is 0 Å². The van der Waals surface area contributed by atoms with Crippen LogP contribution in [0.1, 0.15) is 5.69 Å². The Morgan fingerprint density at radius 1 is 1.21 bits per heavy atom. The van der Waals surface area contributed by atoms with Crippen LogP contribution in [0, 0.1) is 18.3 Å². The molecule has 24 heavy (non-hydrogen) atoms. The van der Waals surface area contributed by atoms with E-state index < -0.39 is 17.5 Å². The average molecular weight is 338 g/mol. The van der Waals surface area contributed by atoms with Crippen LogP contribution in [0.3, 0.4) is 0 Å². The number of hydrogen-bond donors (Lipinski definition) is 1. The second-order valence-electron chi connectivity index (χ2n) is 6.51. The number of rotatable bonds is 2. The Balaban J connectivity index is 1.57. The highest BCUT2D eigenvalue weighted by molar-refractivity contribution is 5.43. The SMILES string of the molecule is Cc1ccn(-c2ccc(N3C[C@@H]4CNC[C@]4(C(F)(F)F)C3)nn2)n1. The van der Waals surface area contributed by atoms with Gasteiger partial charge in [-0.3, -0.25) is 0 Å². The van der Waals surface area contributed by atoms with Gasteiger partial charge in [0.2, 0.25) is 0 Å². The van der Waals surface area contributed by atoms with Crippen molar-refractivity contribution in [1.29, 1.82) is 0 Å². The molecular formula is C15H17F3N6. The van der Waals surface area contributed by atoms with Gasteiger partial charge in [-0.15, -0.1) is 10.2 Å². The van der Waals surface area contributed by atoms with E-state index in [-0.39, 0.29) is 13.1 Å². The Morgan fingerprint density at radius 3 is 2.54 bits per heavy atom. The quantitative estimate of drug-likeness (QED) is 0.901. The van der Waals surface area contributed by atoms with Gasteiger partial charge in [0.05, 0.1) is 5.69 Å². The van der Waals surface area contributed by atoms with Gasteiger partial charge in [0.25, 0.3) is 0 Å². The summed E-state index contributed by atoms with van der Waals surface area (Å²) in [5.41, 5.74) is -0.834. The lowest BCUT2D eigenvalue weighted by Gasteiger charge is -2.30. The van der Waals surface area contributed by atoms with Crippen molar-refractivity contribution in [2.45, 2.75) is 13.1 Å². The molecule has 4 heterocycles. The maximum absolute atomic E-state index is 13.6. The fraction of sp³-hybridized carbons (Fsp3) is 0.533. The molecule has 2 aromatic heterocycles. The largest absolute Gasteiger partial charge is 0.397 e. The van der Waals surface area contributed by atoms with E-state index in [4.69, 9.17) is 0 Å². The highest BCUT2D eigenvalue weighted by atomic mass is 19.4. The van der Waals surface area contributed by atoms with Gasteiger partial charge in [0, 0.05) is 38.3 Å². The van der Waals surface area contributed by atoms with Gasteiger partial charge in [-0.1, -0.05) is 0 Å². The summed E-state index contributed by atoms with van der Waals surface area (Å²) >= 11 is 0. The van der Waals surface area contributed by atoms with Crippen molar-refractivity contribution in [1.82, 2.24) is 25.3 Å². The first-order valence-corrected chi connectivity index (χ1v) is 7.78. The number of nitrogens with zero attached hydrogens (tertiary/aromatic N) is 5. The van der Waals surface area contributed by atoms with Crippen molar-refractivity contribution in [2.75, 3.05) is 31.1 Å². The van der Waals surface area contributed by atoms with Crippen molar-refractivity contribution in [2.24, 2.45) is 11.3 Å². The van der Waals surface area contributed by atoms with Gasteiger partial charge in [-0.25, -0.2) is 4.68 Å². The van der Waals surface area contributed by atoms with Crippen LogP contribution in [0.4, 0.5) is 19.0 Å². The van der Waals surface area contributed by atoms with E-state index in [0.29, 0.717) is 24.7 Å². The second kappa shape index (κ2) is 5.17. The second-order valence-corrected chi connectivity index (χ2v) is 6.51. The molecule has 2 aliphatic rings.